The monoisotopic (exact) mass is 254 g/mol. The molecule has 2 saturated carbocycles. The molecule has 0 aliphatic heterocycles. The van der Waals surface area contributed by atoms with Gasteiger partial charge in [0.05, 0.1) is 11.6 Å². The zero-order valence-corrected chi connectivity index (χ0v) is 11.3. The van der Waals surface area contributed by atoms with E-state index in [9.17, 15) is 9.90 Å². The molecule has 104 valence electrons. The summed E-state index contributed by atoms with van der Waals surface area (Å²) in [6.07, 6.45) is 6.35. The lowest BCUT2D eigenvalue weighted by Gasteiger charge is -2.35. The molecule has 0 aromatic heterocycles. The highest BCUT2D eigenvalue weighted by molar-refractivity contribution is 5.86. The molecule has 0 bridgehead atoms. The summed E-state index contributed by atoms with van der Waals surface area (Å²) in [4.78, 5) is 12.2. The molecule has 0 radical (unpaired) electrons. The van der Waals surface area contributed by atoms with E-state index >= 15 is 0 Å². The quantitative estimate of drug-likeness (QED) is 0.707. The van der Waals surface area contributed by atoms with Crippen LogP contribution in [0.5, 0.6) is 0 Å². The van der Waals surface area contributed by atoms with E-state index in [4.69, 9.17) is 5.73 Å². The Morgan fingerprint density at radius 3 is 2.83 bits per heavy atom. The van der Waals surface area contributed by atoms with Crippen LogP contribution in [-0.2, 0) is 4.79 Å². The third-order valence-corrected chi connectivity index (χ3v) is 4.55. The lowest BCUT2D eigenvalue weighted by Crippen LogP contribution is -2.56. The average Bonchev–Trinajstić information content (AvgIpc) is 2.71. The van der Waals surface area contributed by atoms with Crippen molar-refractivity contribution in [2.75, 3.05) is 6.54 Å². The van der Waals surface area contributed by atoms with E-state index in [1.165, 1.54) is 6.42 Å². The van der Waals surface area contributed by atoms with Gasteiger partial charge in [-0.2, -0.15) is 0 Å². The predicted octanol–water partition coefficient (Wildman–Crippen LogP) is 1.17. The first-order valence-corrected chi connectivity index (χ1v) is 7.25. The van der Waals surface area contributed by atoms with E-state index in [1.54, 1.807) is 0 Å². The molecule has 18 heavy (non-hydrogen) atoms. The lowest BCUT2D eigenvalue weighted by atomic mass is 9.76. The Bertz CT molecular complexity index is 308. The van der Waals surface area contributed by atoms with Crippen molar-refractivity contribution in [3.63, 3.8) is 0 Å². The minimum atomic E-state index is -0.658. The molecule has 0 aromatic carbocycles. The fraction of sp³-hybridized carbons (Fsp3) is 0.929. The van der Waals surface area contributed by atoms with Gasteiger partial charge < -0.3 is 16.2 Å². The van der Waals surface area contributed by atoms with Crippen LogP contribution in [0.25, 0.3) is 0 Å². The van der Waals surface area contributed by atoms with E-state index in [0.717, 1.165) is 38.5 Å². The smallest absolute Gasteiger partial charge is 0.240 e. The van der Waals surface area contributed by atoms with Crippen molar-refractivity contribution in [1.82, 2.24) is 5.32 Å². The van der Waals surface area contributed by atoms with Crippen LogP contribution in [-0.4, -0.2) is 29.2 Å². The minimum absolute atomic E-state index is 0.00967. The molecule has 1 amide bonds. The van der Waals surface area contributed by atoms with Crippen LogP contribution >= 0.6 is 0 Å². The predicted molar refractivity (Wildman–Crippen MR) is 70.9 cm³/mol. The van der Waals surface area contributed by atoms with Crippen molar-refractivity contribution in [3.05, 3.63) is 0 Å². The standard InChI is InChI=1S/C14H26N2O2/c1-10-3-2-6-14(15,8-10)13(18)16-9-11-4-5-12(17)7-11/h10-12,17H,2-9,15H2,1H3,(H,16,18). The summed E-state index contributed by atoms with van der Waals surface area (Å²) in [7, 11) is 0. The van der Waals surface area contributed by atoms with Crippen LogP contribution in [0.4, 0.5) is 0 Å². The van der Waals surface area contributed by atoms with Crippen molar-refractivity contribution >= 4 is 5.91 Å². The number of nitrogens with two attached hydrogens (primary N) is 1. The second kappa shape index (κ2) is 5.57. The van der Waals surface area contributed by atoms with Crippen LogP contribution < -0.4 is 11.1 Å². The molecular formula is C14H26N2O2. The Balaban J connectivity index is 1.80. The van der Waals surface area contributed by atoms with Crippen molar-refractivity contribution < 1.29 is 9.90 Å². The van der Waals surface area contributed by atoms with Gasteiger partial charge in [-0.05, 0) is 43.9 Å². The molecule has 0 spiro atoms. The number of carbonyl (C=O) groups excluding carboxylic acids is 1. The van der Waals surface area contributed by atoms with E-state index in [-0.39, 0.29) is 12.0 Å². The summed E-state index contributed by atoms with van der Waals surface area (Å²) in [5.41, 5.74) is 5.59. The van der Waals surface area contributed by atoms with Crippen LogP contribution in [0.2, 0.25) is 0 Å². The highest BCUT2D eigenvalue weighted by atomic mass is 16.3. The number of carbonyl (C=O) groups is 1. The van der Waals surface area contributed by atoms with E-state index in [0.29, 0.717) is 18.4 Å². The third-order valence-electron chi connectivity index (χ3n) is 4.55. The van der Waals surface area contributed by atoms with Crippen molar-refractivity contribution in [1.29, 1.82) is 0 Å². The summed E-state index contributed by atoms with van der Waals surface area (Å²) in [6.45, 7) is 2.84. The Morgan fingerprint density at radius 2 is 2.22 bits per heavy atom. The molecule has 4 N–H and O–H groups in total. The van der Waals surface area contributed by atoms with Gasteiger partial charge in [0, 0.05) is 6.54 Å². The molecule has 0 saturated heterocycles. The summed E-state index contributed by atoms with van der Waals surface area (Å²) in [5.74, 6) is 0.979. The van der Waals surface area contributed by atoms with Crippen molar-refractivity contribution in [3.8, 4) is 0 Å². The molecule has 0 aromatic rings. The first kappa shape index (κ1) is 13.8. The summed E-state index contributed by atoms with van der Waals surface area (Å²) < 4.78 is 0. The fourth-order valence-electron chi connectivity index (χ4n) is 3.45. The van der Waals surface area contributed by atoms with Gasteiger partial charge >= 0.3 is 0 Å². The van der Waals surface area contributed by atoms with Gasteiger partial charge in [0.2, 0.25) is 5.91 Å². The fourth-order valence-corrected chi connectivity index (χ4v) is 3.45. The van der Waals surface area contributed by atoms with Gasteiger partial charge in [-0.15, -0.1) is 0 Å². The molecule has 4 heteroatoms. The average molecular weight is 254 g/mol. The topological polar surface area (TPSA) is 75.4 Å². The second-order valence-electron chi connectivity index (χ2n) is 6.40. The number of aliphatic hydroxyl groups excluding tert-OH is 1. The molecule has 2 fully saturated rings. The molecule has 2 aliphatic carbocycles. The first-order chi connectivity index (χ1) is 8.49. The van der Waals surface area contributed by atoms with Crippen molar-refractivity contribution in [2.24, 2.45) is 17.6 Å². The van der Waals surface area contributed by atoms with E-state index in [1.807, 2.05) is 0 Å². The highest BCUT2D eigenvalue weighted by Gasteiger charge is 2.38. The first-order valence-electron chi connectivity index (χ1n) is 7.25. The molecular weight excluding hydrogens is 228 g/mol. The Hall–Kier alpha value is -0.610. The molecule has 0 heterocycles. The van der Waals surface area contributed by atoms with Gasteiger partial charge in [0.25, 0.3) is 0 Å². The third kappa shape index (κ3) is 3.23. The van der Waals surface area contributed by atoms with Gasteiger partial charge in [0.15, 0.2) is 0 Å². The Morgan fingerprint density at radius 1 is 1.44 bits per heavy atom. The normalized spacial score (nSPS) is 40.7. The maximum Gasteiger partial charge on any atom is 0.240 e. The zero-order valence-electron chi connectivity index (χ0n) is 11.3. The summed E-state index contributed by atoms with van der Waals surface area (Å²) >= 11 is 0. The second-order valence-corrected chi connectivity index (χ2v) is 6.40. The summed E-state index contributed by atoms with van der Waals surface area (Å²) in [6, 6.07) is 0. The molecule has 4 nitrogen and oxygen atoms in total. The number of hydrogen-bond donors (Lipinski definition) is 3. The maximum absolute atomic E-state index is 12.2. The minimum Gasteiger partial charge on any atom is -0.393 e. The highest BCUT2D eigenvalue weighted by Crippen LogP contribution is 2.31. The van der Waals surface area contributed by atoms with Crippen LogP contribution in [0, 0.1) is 11.8 Å². The summed E-state index contributed by atoms with van der Waals surface area (Å²) in [5, 5.41) is 12.5. The van der Waals surface area contributed by atoms with Crippen LogP contribution in [0.15, 0.2) is 0 Å². The zero-order chi connectivity index (χ0) is 13.2. The van der Waals surface area contributed by atoms with Gasteiger partial charge in [-0.25, -0.2) is 0 Å². The molecule has 2 rings (SSSR count). The maximum atomic E-state index is 12.2. The van der Waals surface area contributed by atoms with Gasteiger partial charge in [0.1, 0.15) is 0 Å². The van der Waals surface area contributed by atoms with Gasteiger partial charge in [-0.1, -0.05) is 19.8 Å². The number of rotatable bonds is 3. The Kier molecular flexibility index (Phi) is 4.28. The lowest BCUT2D eigenvalue weighted by molar-refractivity contribution is -0.128. The molecule has 4 unspecified atom stereocenters. The number of hydrogen-bond acceptors (Lipinski definition) is 3. The Labute approximate surface area is 109 Å². The number of nitrogens with one attached hydrogen (secondary N) is 1. The van der Waals surface area contributed by atoms with E-state index in [2.05, 4.69) is 12.2 Å². The number of amides is 1. The van der Waals surface area contributed by atoms with Gasteiger partial charge in [-0.3, -0.25) is 4.79 Å². The van der Waals surface area contributed by atoms with Crippen molar-refractivity contribution in [2.45, 2.75) is 63.5 Å². The largest absolute Gasteiger partial charge is 0.393 e. The number of aliphatic hydroxyl groups is 1. The molecule has 4 atom stereocenters. The molecule has 2 aliphatic rings. The SMILES string of the molecule is CC1CCCC(N)(C(=O)NCC2CCC(O)C2)C1. The van der Waals surface area contributed by atoms with Crippen LogP contribution in [0.3, 0.4) is 0 Å². The van der Waals surface area contributed by atoms with E-state index < -0.39 is 5.54 Å². The van der Waals surface area contributed by atoms with Crippen LogP contribution in [0.1, 0.15) is 51.9 Å².